The molecule has 4 nitrogen and oxygen atoms in total. The van der Waals surface area contributed by atoms with Crippen LogP contribution >= 0.6 is 23.4 Å². The molecule has 2 aliphatic rings. The molecule has 1 N–H and O–H groups in total. The summed E-state index contributed by atoms with van der Waals surface area (Å²) in [4.78, 5) is 19.7. The SMILES string of the molecule is C=C(C)N(C)c1ccc(-c2ccc(C)c(CN(C(=O)C3Sc4ccccc4C3Cl)C3CCC(NC)CC3)c2)cc1. The van der Waals surface area contributed by atoms with E-state index in [1.54, 1.807) is 11.8 Å². The molecule has 210 valence electrons. The van der Waals surface area contributed by atoms with E-state index in [1.165, 1.54) is 11.1 Å². The Morgan fingerprint density at radius 1 is 1.02 bits per heavy atom. The number of carbonyl (C=O) groups is 1. The number of alkyl halides is 1. The van der Waals surface area contributed by atoms with Gasteiger partial charge < -0.3 is 15.1 Å². The molecule has 0 bridgehead atoms. The number of hydrogen-bond donors (Lipinski definition) is 1. The summed E-state index contributed by atoms with van der Waals surface area (Å²) in [6.07, 6.45) is 4.17. The summed E-state index contributed by atoms with van der Waals surface area (Å²) < 4.78 is 0. The molecule has 6 heteroatoms. The molecule has 1 amide bonds. The maximum Gasteiger partial charge on any atom is 0.238 e. The number of rotatable bonds is 8. The van der Waals surface area contributed by atoms with E-state index in [1.807, 2.05) is 33.2 Å². The predicted molar refractivity (Wildman–Crippen MR) is 170 cm³/mol. The molecule has 1 heterocycles. The first kappa shape index (κ1) is 28.8. The third kappa shape index (κ3) is 5.97. The molecule has 0 saturated heterocycles. The summed E-state index contributed by atoms with van der Waals surface area (Å²) in [5, 5.41) is 2.82. The lowest BCUT2D eigenvalue weighted by atomic mass is 9.89. The van der Waals surface area contributed by atoms with Crippen LogP contribution < -0.4 is 10.2 Å². The van der Waals surface area contributed by atoms with Crippen LogP contribution in [-0.4, -0.2) is 42.2 Å². The van der Waals surface area contributed by atoms with Crippen LogP contribution in [0.1, 0.15) is 54.7 Å². The Bertz CT molecular complexity index is 1370. The maximum atomic E-state index is 14.3. The van der Waals surface area contributed by atoms with Gasteiger partial charge in [0, 0.05) is 42.0 Å². The number of aryl methyl sites for hydroxylation is 1. The number of amides is 1. The van der Waals surface area contributed by atoms with E-state index >= 15 is 0 Å². The van der Waals surface area contributed by atoms with Crippen molar-refractivity contribution in [3.63, 3.8) is 0 Å². The molecular formula is C34H40ClN3OS. The van der Waals surface area contributed by atoms with Crippen molar-refractivity contribution in [2.45, 2.75) is 73.7 Å². The van der Waals surface area contributed by atoms with Crippen LogP contribution in [0.3, 0.4) is 0 Å². The minimum absolute atomic E-state index is 0.158. The van der Waals surface area contributed by atoms with Gasteiger partial charge in [-0.15, -0.1) is 23.4 Å². The molecule has 3 aromatic carbocycles. The third-order valence-electron chi connectivity index (χ3n) is 8.66. The molecule has 0 spiro atoms. The van der Waals surface area contributed by atoms with Gasteiger partial charge in [-0.25, -0.2) is 0 Å². The van der Waals surface area contributed by atoms with E-state index < -0.39 is 0 Å². The number of anilines is 1. The van der Waals surface area contributed by atoms with Crippen molar-refractivity contribution in [3.8, 4) is 11.1 Å². The highest BCUT2D eigenvalue weighted by atomic mass is 35.5. The highest BCUT2D eigenvalue weighted by molar-refractivity contribution is 8.01. The van der Waals surface area contributed by atoms with Crippen LogP contribution in [0.15, 0.2) is 83.9 Å². The van der Waals surface area contributed by atoms with E-state index in [0.717, 1.165) is 58.7 Å². The number of halogens is 1. The summed E-state index contributed by atoms with van der Waals surface area (Å²) in [5.41, 5.74) is 7.91. The molecule has 1 aliphatic carbocycles. The van der Waals surface area contributed by atoms with Crippen molar-refractivity contribution in [2.24, 2.45) is 0 Å². The van der Waals surface area contributed by atoms with Crippen molar-refractivity contribution in [1.82, 2.24) is 10.2 Å². The lowest BCUT2D eigenvalue weighted by molar-refractivity contribution is -0.134. The van der Waals surface area contributed by atoms with Crippen molar-refractivity contribution in [1.29, 1.82) is 0 Å². The summed E-state index contributed by atoms with van der Waals surface area (Å²) in [6, 6.07) is 24.1. The number of hydrogen-bond acceptors (Lipinski definition) is 4. The molecule has 2 unspecified atom stereocenters. The van der Waals surface area contributed by atoms with Gasteiger partial charge in [-0.1, -0.05) is 49.0 Å². The first-order valence-electron chi connectivity index (χ1n) is 14.2. The van der Waals surface area contributed by atoms with Crippen LogP contribution in [0, 0.1) is 6.92 Å². The van der Waals surface area contributed by atoms with E-state index in [0.29, 0.717) is 12.6 Å². The second kappa shape index (κ2) is 12.4. The van der Waals surface area contributed by atoms with Crippen LogP contribution in [0.5, 0.6) is 0 Å². The Kier molecular flexibility index (Phi) is 8.94. The summed E-state index contributed by atoms with van der Waals surface area (Å²) in [5.74, 6) is 0.158. The topological polar surface area (TPSA) is 35.6 Å². The Labute approximate surface area is 248 Å². The van der Waals surface area contributed by atoms with Gasteiger partial charge in [0.2, 0.25) is 5.91 Å². The van der Waals surface area contributed by atoms with Gasteiger partial charge in [0.1, 0.15) is 5.25 Å². The second-order valence-corrected chi connectivity index (χ2v) is 12.9. The first-order valence-corrected chi connectivity index (χ1v) is 15.5. The smallest absolute Gasteiger partial charge is 0.238 e. The van der Waals surface area contributed by atoms with E-state index in [-0.39, 0.29) is 22.6 Å². The highest BCUT2D eigenvalue weighted by Gasteiger charge is 2.41. The Morgan fingerprint density at radius 2 is 1.70 bits per heavy atom. The number of fused-ring (bicyclic) bond motifs is 1. The Morgan fingerprint density at radius 3 is 2.35 bits per heavy atom. The molecule has 1 aliphatic heterocycles. The predicted octanol–water partition coefficient (Wildman–Crippen LogP) is 7.95. The molecule has 0 radical (unpaired) electrons. The monoisotopic (exact) mass is 573 g/mol. The number of nitrogens with one attached hydrogen (secondary N) is 1. The van der Waals surface area contributed by atoms with Crippen LogP contribution in [0.4, 0.5) is 5.69 Å². The van der Waals surface area contributed by atoms with Crippen molar-refractivity contribution >= 4 is 35.0 Å². The van der Waals surface area contributed by atoms with Crippen molar-refractivity contribution < 1.29 is 4.79 Å². The van der Waals surface area contributed by atoms with Gasteiger partial charge in [-0.3, -0.25) is 4.79 Å². The van der Waals surface area contributed by atoms with Gasteiger partial charge in [-0.2, -0.15) is 0 Å². The van der Waals surface area contributed by atoms with Gasteiger partial charge in [-0.05, 0) is 98.7 Å². The van der Waals surface area contributed by atoms with E-state index in [4.69, 9.17) is 11.6 Å². The molecule has 1 saturated carbocycles. The minimum Gasteiger partial charge on any atom is -0.349 e. The number of nitrogens with zero attached hydrogens (tertiary/aromatic N) is 2. The van der Waals surface area contributed by atoms with Crippen LogP contribution in [0.2, 0.25) is 0 Å². The minimum atomic E-state index is -0.312. The average molecular weight is 574 g/mol. The second-order valence-electron chi connectivity index (χ2n) is 11.2. The van der Waals surface area contributed by atoms with Crippen LogP contribution in [0.25, 0.3) is 11.1 Å². The maximum absolute atomic E-state index is 14.3. The van der Waals surface area contributed by atoms with Crippen molar-refractivity contribution in [2.75, 3.05) is 19.0 Å². The molecule has 3 aromatic rings. The zero-order valence-corrected chi connectivity index (χ0v) is 25.6. The largest absolute Gasteiger partial charge is 0.349 e. The normalized spacial score (nSPS) is 22.0. The quantitative estimate of drug-likeness (QED) is 0.277. The fraction of sp³-hybridized carbons (Fsp3) is 0.382. The van der Waals surface area contributed by atoms with E-state index in [9.17, 15) is 4.79 Å². The average Bonchev–Trinajstić information content (AvgIpc) is 3.32. The number of thioether (sulfide) groups is 1. The lowest BCUT2D eigenvalue weighted by Gasteiger charge is -2.38. The fourth-order valence-corrected chi connectivity index (χ4v) is 7.66. The summed E-state index contributed by atoms with van der Waals surface area (Å²) >= 11 is 8.56. The molecule has 5 rings (SSSR count). The standard InChI is InChI=1S/C34H40ClN3OS/c1-22(2)37(5)28-16-12-24(13-17-28)25-11-10-23(3)26(20-25)21-38(29-18-14-27(36-4)15-19-29)34(39)33-32(35)30-8-6-7-9-31(30)40-33/h6-13,16-17,20,27,29,32-33,36H,1,14-15,18-19,21H2,2-5H3. The van der Waals surface area contributed by atoms with Crippen molar-refractivity contribution in [3.05, 3.63) is 95.7 Å². The summed E-state index contributed by atoms with van der Waals surface area (Å²) in [7, 11) is 4.07. The van der Waals surface area contributed by atoms with Gasteiger partial charge in [0.15, 0.2) is 0 Å². The molecule has 1 fully saturated rings. The van der Waals surface area contributed by atoms with E-state index in [2.05, 4.69) is 83.2 Å². The zero-order chi connectivity index (χ0) is 28.4. The molecule has 2 atom stereocenters. The third-order valence-corrected chi connectivity index (χ3v) is 10.6. The number of carbonyl (C=O) groups excluding carboxylic acids is 1. The van der Waals surface area contributed by atoms with Gasteiger partial charge in [0.25, 0.3) is 0 Å². The Hall–Kier alpha value is -2.73. The molecule has 40 heavy (non-hydrogen) atoms. The van der Waals surface area contributed by atoms with Gasteiger partial charge in [0.05, 0.1) is 5.38 Å². The lowest BCUT2D eigenvalue weighted by Crippen LogP contribution is -2.47. The first-order chi connectivity index (χ1) is 19.3. The molecular weight excluding hydrogens is 534 g/mol. The number of benzene rings is 3. The fourth-order valence-electron chi connectivity index (χ4n) is 5.88. The van der Waals surface area contributed by atoms with Crippen LogP contribution in [-0.2, 0) is 11.3 Å². The number of allylic oxidation sites excluding steroid dienone is 1. The highest BCUT2D eigenvalue weighted by Crippen LogP contribution is 2.48. The Balaban J connectivity index is 1.42. The van der Waals surface area contributed by atoms with Gasteiger partial charge >= 0.3 is 0 Å². The zero-order valence-electron chi connectivity index (χ0n) is 24.0. The molecule has 0 aromatic heterocycles. The summed E-state index contributed by atoms with van der Waals surface area (Å²) in [6.45, 7) is 8.80.